The molecule has 0 unspecified atom stereocenters. The number of nitrogens with zero attached hydrogens (tertiary/aromatic N) is 3. The fourth-order valence-corrected chi connectivity index (χ4v) is 15.1. The molecule has 1 aliphatic carbocycles. The summed E-state index contributed by atoms with van der Waals surface area (Å²) in [5, 5.41) is 21.4. The van der Waals surface area contributed by atoms with Crippen molar-refractivity contribution in [1.29, 1.82) is 0 Å². The third-order valence-electron chi connectivity index (χ3n) is 18.1. The van der Waals surface area contributed by atoms with Gasteiger partial charge in [-0.2, -0.15) is 0 Å². The van der Waals surface area contributed by atoms with Gasteiger partial charge in [0.1, 0.15) is 36.2 Å². The summed E-state index contributed by atoms with van der Waals surface area (Å²) in [4.78, 5) is 128. The number of amides is 2. The molecule has 3 fully saturated rings. The number of Topliss-reactive ketones (excluding diaryl/α,β-unsaturated/α-hetero) is 3. The van der Waals surface area contributed by atoms with Gasteiger partial charge < -0.3 is 72.9 Å². The summed E-state index contributed by atoms with van der Waals surface area (Å²) in [7, 11) is -2.72. The molecule has 2 bridgehead atoms. The molecule has 494 valence electrons. The number of rotatable bonds is 14. The van der Waals surface area contributed by atoms with Crippen molar-refractivity contribution in [1.82, 2.24) is 9.80 Å². The Labute approximate surface area is 518 Å². The number of benzene rings is 1. The third kappa shape index (κ3) is 19.9. The van der Waals surface area contributed by atoms with Crippen LogP contribution in [0, 0.1) is 35.5 Å². The quantitative estimate of drug-likeness (QED) is 0.0449. The summed E-state index contributed by atoms with van der Waals surface area (Å²) in [5.74, 6) is -8.92. The molecule has 3 heterocycles. The molecule has 6 N–H and O–H groups in total. The molecule has 3 aliphatic heterocycles. The first-order valence-electron chi connectivity index (χ1n) is 30.6. The number of carbonyl (C=O) groups excluding carboxylic acids is 6. The van der Waals surface area contributed by atoms with Gasteiger partial charge in [-0.3, -0.25) is 28.3 Å². The van der Waals surface area contributed by atoms with Gasteiger partial charge in [-0.05, 0) is 125 Å². The highest BCUT2D eigenvalue weighted by atomic mass is 31.2. The molecular formula is C63H97N3O20P2. The van der Waals surface area contributed by atoms with E-state index in [2.05, 4.69) is 0 Å². The average Bonchev–Trinajstić information content (AvgIpc) is 3.51. The molecular weight excluding hydrogens is 1180 g/mol. The molecule has 1 aromatic carbocycles. The van der Waals surface area contributed by atoms with Crippen LogP contribution in [0.2, 0.25) is 0 Å². The van der Waals surface area contributed by atoms with E-state index in [0.717, 1.165) is 10.5 Å². The molecule has 0 aromatic heterocycles. The third-order valence-corrected chi connectivity index (χ3v) is 21.7. The van der Waals surface area contributed by atoms with Crippen molar-refractivity contribution in [3.05, 3.63) is 77.4 Å². The first kappa shape index (κ1) is 74.0. The lowest BCUT2D eigenvalue weighted by Crippen LogP contribution is -2.61. The van der Waals surface area contributed by atoms with Crippen LogP contribution in [0.5, 0.6) is 0 Å². The highest BCUT2D eigenvalue weighted by Gasteiger charge is 2.53. The SMILES string of the molecule is CO[C@H]1C[C@@H]2CC[C@@H](C)[C@@](O)(O2)C(=O)C(=O)N2CCCC[C@H]2C(=O)O[C@H]([C@H](C)C[C@@H]2CC[C@@H](OC(=O)N(C)CCN(C)c3ccc(C(P(=O)(O)O)P(=O)(O)O)cc3)[C@H](OC)C2)CC(=O)[C@H](C)/C=C(\C)[C@@H](O)[C@@H](OC)C(=O)[C@H](C)C[C@H](C)\C=C/C=C/C=C/1C. The van der Waals surface area contributed by atoms with Gasteiger partial charge in [-0.15, -0.1) is 0 Å². The summed E-state index contributed by atoms with van der Waals surface area (Å²) in [6, 6.07) is 4.15. The van der Waals surface area contributed by atoms with Gasteiger partial charge in [-0.1, -0.05) is 83.2 Å². The van der Waals surface area contributed by atoms with Gasteiger partial charge in [0.15, 0.2) is 11.2 Å². The van der Waals surface area contributed by atoms with Crippen LogP contribution in [0.25, 0.3) is 0 Å². The number of hydrogen-bond donors (Lipinski definition) is 6. The Hall–Kier alpha value is -4.74. The van der Waals surface area contributed by atoms with E-state index in [1.54, 1.807) is 59.9 Å². The Morgan fingerprint density at radius 3 is 2.10 bits per heavy atom. The monoisotopic (exact) mass is 1280 g/mol. The predicted octanol–water partition coefficient (Wildman–Crippen LogP) is 7.75. The smallest absolute Gasteiger partial charge is 0.409 e. The topological polar surface area (TPSA) is 323 Å². The lowest BCUT2D eigenvalue weighted by Gasteiger charge is -2.42. The fraction of sp³-hybridized carbons (Fsp3) is 0.683. The Bertz CT molecular complexity index is 2760. The van der Waals surface area contributed by atoms with Crippen LogP contribution in [0.15, 0.2) is 71.9 Å². The number of aliphatic hydroxyl groups is 2. The molecule has 25 heteroatoms. The average molecular weight is 1280 g/mol. The van der Waals surface area contributed by atoms with Gasteiger partial charge in [0.05, 0.1) is 18.3 Å². The van der Waals surface area contributed by atoms with E-state index in [1.165, 1.54) is 43.4 Å². The summed E-state index contributed by atoms with van der Waals surface area (Å²) < 4.78 is 59.8. The number of ether oxygens (including phenoxy) is 6. The molecule has 4 aliphatic rings. The maximum atomic E-state index is 14.7. The number of cyclic esters (lactones) is 1. The zero-order valence-electron chi connectivity index (χ0n) is 53.2. The minimum Gasteiger partial charge on any atom is -0.460 e. The van der Waals surface area contributed by atoms with Crippen molar-refractivity contribution < 1.29 is 96.1 Å². The van der Waals surface area contributed by atoms with Gasteiger partial charge >= 0.3 is 27.3 Å². The zero-order valence-corrected chi connectivity index (χ0v) is 55.0. The van der Waals surface area contributed by atoms with Gasteiger partial charge in [0.25, 0.3) is 11.7 Å². The summed E-state index contributed by atoms with van der Waals surface area (Å²) in [6.07, 6.45) is 8.71. The Morgan fingerprint density at radius 2 is 1.48 bits per heavy atom. The second-order valence-corrected chi connectivity index (χ2v) is 28.7. The summed E-state index contributed by atoms with van der Waals surface area (Å²) >= 11 is 0. The first-order chi connectivity index (χ1) is 41.2. The predicted molar refractivity (Wildman–Crippen MR) is 329 cm³/mol. The molecule has 23 nitrogen and oxygen atoms in total. The fourth-order valence-electron chi connectivity index (χ4n) is 12.5. The lowest BCUT2D eigenvalue weighted by molar-refractivity contribution is -0.265. The van der Waals surface area contributed by atoms with Crippen molar-refractivity contribution in [2.24, 2.45) is 35.5 Å². The number of allylic oxidation sites excluding steroid dienone is 6. The van der Waals surface area contributed by atoms with Crippen LogP contribution < -0.4 is 4.90 Å². The molecule has 88 heavy (non-hydrogen) atoms. The van der Waals surface area contributed by atoms with Crippen LogP contribution in [-0.4, -0.2) is 185 Å². The number of piperidine rings is 1. The van der Waals surface area contributed by atoms with E-state index in [9.17, 15) is 67.7 Å². The van der Waals surface area contributed by atoms with E-state index in [0.29, 0.717) is 69.0 Å². The largest absolute Gasteiger partial charge is 0.460 e. The second kappa shape index (κ2) is 33.0. The number of ketones is 3. The minimum absolute atomic E-state index is 0.0212. The molecule has 1 saturated carbocycles. The Morgan fingerprint density at radius 1 is 0.807 bits per heavy atom. The first-order valence-corrected chi connectivity index (χ1v) is 33.9. The molecule has 1 aromatic rings. The van der Waals surface area contributed by atoms with E-state index >= 15 is 0 Å². The van der Waals surface area contributed by atoms with E-state index in [1.807, 2.05) is 51.2 Å². The summed E-state index contributed by atoms with van der Waals surface area (Å²) in [6.45, 7) is 12.9. The van der Waals surface area contributed by atoms with Gasteiger partial charge in [-0.25, -0.2) is 9.59 Å². The van der Waals surface area contributed by atoms with Gasteiger partial charge in [0.2, 0.25) is 5.79 Å². The van der Waals surface area contributed by atoms with E-state index in [-0.39, 0.29) is 67.9 Å². The molecule has 15 atom stereocenters. The highest BCUT2D eigenvalue weighted by Crippen LogP contribution is 2.69. The standard InChI is InChI=1S/C63H97N3O20P2/c1-38-18-14-13-15-19-39(2)52(81-10)36-48-27-21-44(7)63(74,86-48)58(70)59(71)66-29-17-16-20-49(66)60(72)84-53(37-50(67)40(3)33-43(6)56(69)57(83-12)55(68)42(5)32-38)41(4)34-45-22-28-51(54(35-45)82-11)85-62(73)65(9)31-30-64(8)47-25-23-46(24-26-47)61(87(75,76)77)88(78,79)80/h13-15,18-19,23-26,33,38,40-42,44-45,48-49,51-54,56-57,61,69,74H,16-17,20-22,27-32,34-37H2,1-12H3,(H2,75,76,77)(H2,78,79,80)/b15-13+,18-14-,39-19+,43-33+/t38-,40-,41-,42-,44-,45+,48+,49+,51-,52+,53+,54-,56-,57+,63-/m1/s1. The Kier molecular flexibility index (Phi) is 27.8. The second-order valence-electron chi connectivity index (χ2n) is 24.9. The van der Waals surface area contributed by atoms with E-state index < -0.39 is 123 Å². The summed E-state index contributed by atoms with van der Waals surface area (Å²) in [5.41, 5.74) is 1.50. The maximum absolute atomic E-state index is 14.7. The lowest BCUT2D eigenvalue weighted by atomic mass is 9.78. The van der Waals surface area contributed by atoms with Crippen molar-refractivity contribution in [3.8, 4) is 0 Å². The van der Waals surface area contributed by atoms with E-state index in [4.69, 9.17) is 28.4 Å². The number of carbonyl (C=O) groups is 6. The van der Waals surface area contributed by atoms with Crippen molar-refractivity contribution >= 4 is 56.2 Å². The van der Waals surface area contributed by atoms with Gasteiger partial charge in [0, 0.05) is 91.3 Å². The number of fused-ring (bicyclic) bond motifs is 3. The molecule has 5 rings (SSSR count). The van der Waals surface area contributed by atoms with Crippen LogP contribution in [0.1, 0.15) is 136 Å². The number of hydrogen-bond acceptors (Lipinski definition) is 17. The van der Waals surface area contributed by atoms with Crippen LogP contribution in [-0.2, 0) is 61.5 Å². The van der Waals surface area contributed by atoms with Crippen LogP contribution in [0.4, 0.5) is 10.5 Å². The van der Waals surface area contributed by atoms with Crippen molar-refractivity contribution in [2.45, 2.75) is 185 Å². The Balaban J connectivity index is 1.36. The van der Waals surface area contributed by atoms with Crippen LogP contribution in [0.3, 0.4) is 0 Å². The van der Waals surface area contributed by atoms with Crippen molar-refractivity contribution in [3.63, 3.8) is 0 Å². The number of likely N-dealkylation sites (N-methyl/N-ethyl adjacent to an activating group) is 2. The normalized spacial score (nSPS) is 33.2. The number of anilines is 1. The molecule has 2 saturated heterocycles. The van der Waals surface area contributed by atoms with Crippen LogP contribution >= 0.6 is 15.2 Å². The van der Waals surface area contributed by atoms with Crippen molar-refractivity contribution in [2.75, 3.05) is 60.0 Å². The minimum atomic E-state index is -5.20. The molecule has 0 spiro atoms. The zero-order chi connectivity index (χ0) is 65.6. The number of esters is 1. The molecule has 2 amide bonds. The molecule has 0 radical (unpaired) electrons. The highest BCUT2D eigenvalue weighted by molar-refractivity contribution is 7.70. The maximum Gasteiger partial charge on any atom is 0.409 e. The number of aliphatic hydroxyl groups excluding tert-OH is 1. The number of methoxy groups -OCH3 is 3.